The number of rotatable bonds is 1. The highest BCUT2D eigenvalue weighted by Crippen LogP contribution is 2.20. The lowest BCUT2D eigenvalue weighted by Crippen LogP contribution is -2.36. The van der Waals surface area contributed by atoms with Crippen molar-refractivity contribution in [2.24, 2.45) is 0 Å². The van der Waals surface area contributed by atoms with E-state index >= 15 is 0 Å². The second-order valence-electron chi connectivity index (χ2n) is 6.03. The van der Waals surface area contributed by atoms with Gasteiger partial charge < -0.3 is 14.6 Å². The number of aromatic amines is 1. The van der Waals surface area contributed by atoms with Gasteiger partial charge in [0.15, 0.2) is 0 Å². The van der Waals surface area contributed by atoms with Gasteiger partial charge >= 0.3 is 0 Å². The topological polar surface area (TPSA) is 62.4 Å². The van der Waals surface area contributed by atoms with Crippen molar-refractivity contribution in [3.63, 3.8) is 0 Å². The SMILES string of the molecule is C[C@@H]1CCN(C(=O)c2cc(=O)[nH]c3ccc(F)cc23)C[C@H](C)O1. The lowest BCUT2D eigenvalue weighted by molar-refractivity contribution is 0.0141. The summed E-state index contributed by atoms with van der Waals surface area (Å²) in [4.78, 5) is 29.0. The molecule has 0 bridgehead atoms. The predicted molar refractivity (Wildman–Crippen MR) is 85.1 cm³/mol. The van der Waals surface area contributed by atoms with E-state index in [1.54, 1.807) is 4.90 Å². The third-order valence-corrected chi connectivity index (χ3v) is 4.07. The number of hydrogen-bond acceptors (Lipinski definition) is 3. The number of halogens is 1. The highest BCUT2D eigenvalue weighted by Gasteiger charge is 2.25. The summed E-state index contributed by atoms with van der Waals surface area (Å²) in [5.41, 5.74) is 0.305. The molecule has 1 aliphatic rings. The van der Waals surface area contributed by atoms with Crippen LogP contribution in [0.5, 0.6) is 0 Å². The van der Waals surface area contributed by atoms with Crippen LogP contribution in [0.1, 0.15) is 30.6 Å². The number of hydrogen-bond donors (Lipinski definition) is 1. The van der Waals surface area contributed by atoms with Gasteiger partial charge in [-0.25, -0.2) is 4.39 Å². The fourth-order valence-corrected chi connectivity index (χ4v) is 3.00. The van der Waals surface area contributed by atoms with E-state index in [2.05, 4.69) is 4.98 Å². The van der Waals surface area contributed by atoms with Gasteiger partial charge in [-0.1, -0.05) is 0 Å². The van der Waals surface area contributed by atoms with Crippen LogP contribution >= 0.6 is 0 Å². The standard InChI is InChI=1S/C17H19FN2O3/c1-10-5-6-20(9-11(2)23-10)17(22)14-8-16(21)19-15-4-3-12(18)7-13(14)15/h3-4,7-8,10-11H,5-6,9H2,1-2H3,(H,19,21)/t10-,11+/m1/s1. The molecule has 1 aliphatic heterocycles. The summed E-state index contributed by atoms with van der Waals surface area (Å²) in [6.45, 7) is 4.89. The second kappa shape index (κ2) is 6.12. The molecule has 1 fully saturated rings. The zero-order chi connectivity index (χ0) is 16.6. The summed E-state index contributed by atoms with van der Waals surface area (Å²) in [7, 11) is 0. The molecule has 0 aliphatic carbocycles. The molecule has 1 aromatic carbocycles. The molecule has 23 heavy (non-hydrogen) atoms. The van der Waals surface area contributed by atoms with Crippen LogP contribution in [-0.2, 0) is 4.74 Å². The maximum atomic E-state index is 13.6. The van der Waals surface area contributed by atoms with Gasteiger partial charge in [0.25, 0.3) is 5.91 Å². The van der Waals surface area contributed by atoms with E-state index in [-0.39, 0.29) is 29.2 Å². The first-order valence-corrected chi connectivity index (χ1v) is 7.71. The Morgan fingerprint density at radius 1 is 1.30 bits per heavy atom. The summed E-state index contributed by atoms with van der Waals surface area (Å²) < 4.78 is 19.3. The van der Waals surface area contributed by atoms with Crippen LogP contribution in [0.3, 0.4) is 0 Å². The van der Waals surface area contributed by atoms with E-state index in [0.29, 0.717) is 24.0 Å². The van der Waals surface area contributed by atoms with Gasteiger partial charge in [0, 0.05) is 30.1 Å². The van der Waals surface area contributed by atoms with Crippen molar-refractivity contribution in [1.29, 1.82) is 0 Å². The highest BCUT2D eigenvalue weighted by atomic mass is 19.1. The molecule has 1 amide bonds. The molecule has 6 heteroatoms. The zero-order valence-corrected chi connectivity index (χ0v) is 13.1. The first kappa shape index (κ1) is 15.7. The number of amides is 1. The smallest absolute Gasteiger partial charge is 0.254 e. The number of nitrogens with one attached hydrogen (secondary N) is 1. The van der Waals surface area contributed by atoms with Gasteiger partial charge in [-0.15, -0.1) is 0 Å². The molecule has 2 heterocycles. The molecule has 2 atom stereocenters. The van der Waals surface area contributed by atoms with Crippen LogP contribution in [0.15, 0.2) is 29.1 Å². The van der Waals surface area contributed by atoms with Gasteiger partial charge in [-0.3, -0.25) is 9.59 Å². The molecular weight excluding hydrogens is 299 g/mol. The Hall–Kier alpha value is -2.21. The van der Waals surface area contributed by atoms with Crippen molar-refractivity contribution < 1.29 is 13.9 Å². The first-order chi connectivity index (χ1) is 10.9. The average Bonchev–Trinajstić information content (AvgIpc) is 2.66. The molecule has 5 nitrogen and oxygen atoms in total. The number of ether oxygens (including phenoxy) is 1. The van der Waals surface area contributed by atoms with E-state index < -0.39 is 5.82 Å². The van der Waals surface area contributed by atoms with Crippen LogP contribution in [0.25, 0.3) is 10.9 Å². The zero-order valence-electron chi connectivity index (χ0n) is 13.1. The van der Waals surface area contributed by atoms with Crippen molar-refractivity contribution in [2.45, 2.75) is 32.5 Å². The molecule has 1 aromatic heterocycles. The Labute approximate surface area is 133 Å². The molecule has 2 aromatic rings. The van der Waals surface area contributed by atoms with Gasteiger partial charge in [-0.05, 0) is 38.5 Å². The summed E-state index contributed by atoms with van der Waals surface area (Å²) in [6, 6.07) is 5.25. The molecule has 3 rings (SSSR count). The highest BCUT2D eigenvalue weighted by molar-refractivity contribution is 6.06. The van der Waals surface area contributed by atoms with Gasteiger partial charge in [0.05, 0.1) is 17.8 Å². The Balaban J connectivity index is 2.03. The van der Waals surface area contributed by atoms with Crippen LogP contribution in [0.4, 0.5) is 4.39 Å². The molecule has 1 N–H and O–H groups in total. The molecule has 0 unspecified atom stereocenters. The van der Waals surface area contributed by atoms with E-state index in [0.717, 1.165) is 6.42 Å². The Kier molecular flexibility index (Phi) is 4.17. The maximum absolute atomic E-state index is 13.6. The summed E-state index contributed by atoms with van der Waals surface area (Å²) in [5, 5.41) is 0.417. The molecular formula is C17H19FN2O3. The van der Waals surface area contributed by atoms with Crippen molar-refractivity contribution in [2.75, 3.05) is 13.1 Å². The molecule has 0 saturated carbocycles. The molecule has 1 saturated heterocycles. The van der Waals surface area contributed by atoms with E-state index in [1.165, 1.54) is 24.3 Å². The molecule has 0 radical (unpaired) electrons. The largest absolute Gasteiger partial charge is 0.374 e. The summed E-state index contributed by atoms with van der Waals surface area (Å²) in [5.74, 6) is -0.712. The Bertz CT molecular complexity index is 802. The quantitative estimate of drug-likeness (QED) is 0.877. The number of aromatic nitrogens is 1. The minimum absolute atomic E-state index is 0.0798. The van der Waals surface area contributed by atoms with Crippen molar-refractivity contribution in [3.05, 3.63) is 46.0 Å². The number of nitrogens with zero attached hydrogens (tertiary/aromatic N) is 1. The Morgan fingerprint density at radius 3 is 2.87 bits per heavy atom. The van der Waals surface area contributed by atoms with Crippen LogP contribution in [-0.4, -0.2) is 41.1 Å². The van der Waals surface area contributed by atoms with E-state index in [9.17, 15) is 14.0 Å². The lowest BCUT2D eigenvalue weighted by Gasteiger charge is -2.22. The number of carbonyl (C=O) groups excluding carboxylic acids is 1. The Morgan fingerprint density at radius 2 is 2.09 bits per heavy atom. The number of benzene rings is 1. The van der Waals surface area contributed by atoms with Crippen LogP contribution in [0, 0.1) is 5.82 Å². The minimum atomic E-state index is -0.445. The van der Waals surface area contributed by atoms with Gasteiger partial charge in [0.1, 0.15) is 5.82 Å². The lowest BCUT2D eigenvalue weighted by atomic mass is 10.1. The number of H-pyrrole nitrogens is 1. The number of fused-ring (bicyclic) bond motifs is 1. The van der Waals surface area contributed by atoms with E-state index in [4.69, 9.17) is 4.74 Å². The van der Waals surface area contributed by atoms with Crippen molar-refractivity contribution in [3.8, 4) is 0 Å². The fourth-order valence-electron chi connectivity index (χ4n) is 3.00. The summed E-state index contributed by atoms with van der Waals surface area (Å²) >= 11 is 0. The third kappa shape index (κ3) is 3.27. The van der Waals surface area contributed by atoms with Gasteiger partial charge in [0.2, 0.25) is 5.56 Å². The monoisotopic (exact) mass is 318 g/mol. The minimum Gasteiger partial charge on any atom is -0.374 e. The number of pyridine rings is 1. The molecule has 0 spiro atoms. The third-order valence-electron chi connectivity index (χ3n) is 4.07. The normalized spacial score (nSPS) is 22.1. The van der Waals surface area contributed by atoms with Crippen molar-refractivity contribution >= 4 is 16.8 Å². The number of carbonyl (C=O) groups is 1. The fraction of sp³-hybridized carbons (Fsp3) is 0.412. The first-order valence-electron chi connectivity index (χ1n) is 7.71. The van der Waals surface area contributed by atoms with Crippen LogP contribution < -0.4 is 5.56 Å². The molecule has 122 valence electrons. The van der Waals surface area contributed by atoms with E-state index in [1.807, 2.05) is 13.8 Å². The second-order valence-corrected chi connectivity index (χ2v) is 6.03. The summed E-state index contributed by atoms with van der Waals surface area (Å²) in [6.07, 6.45) is 0.726. The van der Waals surface area contributed by atoms with Crippen LogP contribution in [0.2, 0.25) is 0 Å². The predicted octanol–water partition coefficient (Wildman–Crippen LogP) is 2.31. The maximum Gasteiger partial charge on any atom is 0.254 e. The average molecular weight is 318 g/mol. The van der Waals surface area contributed by atoms with Gasteiger partial charge in [-0.2, -0.15) is 0 Å². The van der Waals surface area contributed by atoms with Crippen molar-refractivity contribution in [1.82, 2.24) is 9.88 Å².